The van der Waals surface area contributed by atoms with Gasteiger partial charge in [0.15, 0.2) is 0 Å². The number of carbonyl (C=O) groups excluding carboxylic acids is 1. The van der Waals surface area contributed by atoms with Crippen molar-refractivity contribution in [1.82, 2.24) is 14.8 Å². The average Bonchev–Trinajstić information content (AvgIpc) is 2.49. The number of pyridine rings is 1. The van der Waals surface area contributed by atoms with E-state index in [0.717, 1.165) is 36.9 Å². The third kappa shape index (κ3) is 3.16. The third-order valence-electron chi connectivity index (χ3n) is 3.53. The smallest absolute Gasteiger partial charge is 0.267 e. The summed E-state index contributed by atoms with van der Waals surface area (Å²) in [5.74, 6) is -0.272. The van der Waals surface area contributed by atoms with Gasteiger partial charge in [0.25, 0.3) is 5.56 Å². The maximum Gasteiger partial charge on any atom is 0.267 e. The first-order valence-corrected chi connectivity index (χ1v) is 7.02. The number of anilines is 1. The normalized spacial score (nSPS) is 13.5. The van der Waals surface area contributed by atoms with Crippen LogP contribution in [0.1, 0.15) is 24.1 Å². The molecule has 2 heterocycles. The average molecular weight is 284 g/mol. The quantitative estimate of drug-likeness (QED) is 0.917. The van der Waals surface area contributed by atoms with Gasteiger partial charge in [0.05, 0.1) is 5.69 Å². The summed E-state index contributed by atoms with van der Waals surface area (Å²) < 4.78 is 1.24. The Bertz CT molecular complexity index is 709. The minimum atomic E-state index is -0.272. The van der Waals surface area contributed by atoms with Crippen molar-refractivity contribution < 1.29 is 4.79 Å². The number of nitrogens with zero attached hydrogens (tertiary/aromatic N) is 3. The molecule has 2 aromatic rings. The highest BCUT2D eigenvalue weighted by molar-refractivity contribution is 5.90. The molecular weight excluding hydrogens is 268 g/mol. The topological polar surface area (TPSA) is 76.9 Å². The molecule has 0 fully saturated rings. The van der Waals surface area contributed by atoms with Gasteiger partial charge in [-0.25, -0.2) is 4.68 Å². The van der Waals surface area contributed by atoms with Crippen molar-refractivity contribution in [1.29, 1.82) is 0 Å². The van der Waals surface area contributed by atoms with E-state index in [4.69, 9.17) is 0 Å². The van der Waals surface area contributed by atoms with Crippen LogP contribution in [0.2, 0.25) is 0 Å². The van der Waals surface area contributed by atoms with Gasteiger partial charge in [0.1, 0.15) is 6.54 Å². The van der Waals surface area contributed by atoms with Crippen LogP contribution in [-0.2, 0) is 24.2 Å². The van der Waals surface area contributed by atoms with Crippen LogP contribution in [0.3, 0.4) is 0 Å². The summed E-state index contributed by atoms with van der Waals surface area (Å²) in [6.45, 7) is -0.0750. The van der Waals surface area contributed by atoms with Crippen LogP contribution >= 0.6 is 0 Å². The highest BCUT2D eigenvalue weighted by atomic mass is 16.2. The molecule has 0 spiro atoms. The number of hydrogen-bond acceptors (Lipinski definition) is 4. The van der Waals surface area contributed by atoms with Crippen LogP contribution in [0.25, 0.3) is 0 Å². The molecule has 1 aliphatic rings. The largest absolute Gasteiger partial charge is 0.324 e. The Kier molecular flexibility index (Phi) is 3.77. The first kappa shape index (κ1) is 13.5. The Morgan fingerprint density at radius 3 is 2.81 bits per heavy atom. The molecule has 0 aliphatic heterocycles. The van der Waals surface area contributed by atoms with E-state index in [9.17, 15) is 9.59 Å². The summed E-state index contributed by atoms with van der Waals surface area (Å²) in [7, 11) is 0. The number of amides is 1. The minimum absolute atomic E-state index is 0.0750. The number of carbonyl (C=O) groups is 1. The van der Waals surface area contributed by atoms with Gasteiger partial charge in [-0.1, -0.05) is 0 Å². The van der Waals surface area contributed by atoms with Crippen LogP contribution in [0.15, 0.2) is 35.4 Å². The molecule has 108 valence electrons. The second-order valence-corrected chi connectivity index (χ2v) is 5.10. The SMILES string of the molecule is O=C(Cn1nc2c(cc1=O)CCCC2)Nc1ccncc1. The van der Waals surface area contributed by atoms with Gasteiger partial charge < -0.3 is 5.32 Å². The summed E-state index contributed by atoms with van der Waals surface area (Å²) in [4.78, 5) is 27.8. The molecule has 0 saturated heterocycles. The number of hydrogen-bond donors (Lipinski definition) is 1. The van der Waals surface area contributed by atoms with Gasteiger partial charge in [0, 0.05) is 24.1 Å². The zero-order valence-corrected chi connectivity index (χ0v) is 11.6. The first-order valence-electron chi connectivity index (χ1n) is 7.02. The Labute approximate surface area is 121 Å². The van der Waals surface area contributed by atoms with E-state index < -0.39 is 0 Å². The minimum Gasteiger partial charge on any atom is -0.324 e. The van der Waals surface area contributed by atoms with Crippen LogP contribution in [0.4, 0.5) is 5.69 Å². The lowest BCUT2D eigenvalue weighted by Gasteiger charge is -2.15. The van der Waals surface area contributed by atoms with Crippen molar-refractivity contribution in [3.8, 4) is 0 Å². The number of aryl methyl sites for hydroxylation is 2. The van der Waals surface area contributed by atoms with Gasteiger partial charge in [-0.2, -0.15) is 5.10 Å². The summed E-state index contributed by atoms with van der Waals surface area (Å²) in [5, 5.41) is 7.04. The highest BCUT2D eigenvalue weighted by Crippen LogP contribution is 2.16. The van der Waals surface area contributed by atoms with E-state index in [0.29, 0.717) is 5.69 Å². The highest BCUT2D eigenvalue weighted by Gasteiger charge is 2.14. The van der Waals surface area contributed by atoms with E-state index in [1.54, 1.807) is 30.6 Å². The van der Waals surface area contributed by atoms with Crippen molar-refractivity contribution in [3.05, 3.63) is 52.2 Å². The van der Waals surface area contributed by atoms with E-state index in [-0.39, 0.29) is 18.0 Å². The number of fused-ring (bicyclic) bond motifs is 1. The number of nitrogens with one attached hydrogen (secondary N) is 1. The van der Waals surface area contributed by atoms with Crippen molar-refractivity contribution in [2.45, 2.75) is 32.2 Å². The molecular formula is C15H16N4O2. The van der Waals surface area contributed by atoms with Gasteiger partial charge in [-0.15, -0.1) is 0 Å². The van der Waals surface area contributed by atoms with E-state index in [1.807, 2.05) is 0 Å². The van der Waals surface area contributed by atoms with Gasteiger partial charge >= 0.3 is 0 Å². The summed E-state index contributed by atoms with van der Waals surface area (Å²) in [5.41, 5.74) is 2.40. The molecule has 0 bridgehead atoms. The Morgan fingerprint density at radius 1 is 1.24 bits per heavy atom. The molecule has 1 N–H and O–H groups in total. The van der Waals surface area contributed by atoms with Crippen LogP contribution in [0.5, 0.6) is 0 Å². The predicted molar refractivity (Wildman–Crippen MR) is 78.0 cm³/mol. The van der Waals surface area contributed by atoms with Crippen molar-refractivity contribution in [2.75, 3.05) is 5.32 Å². The Balaban J connectivity index is 1.75. The van der Waals surface area contributed by atoms with E-state index >= 15 is 0 Å². The summed E-state index contributed by atoms with van der Waals surface area (Å²) in [6.07, 6.45) is 7.16. The lowest BCUT2D eigenvalue weighted by Crippen LogP contribution is -2.31. The number of rotatable bonds is 3. The van der Waals surface area contributed by atoms with Crippen LogP contribution in [0, 0.1) is 0 Å². The Hall–Kier alpha value is -2.50. The third-order valence-corrected chi connectivity index (χ3v) is 3.53. The second-order valence-electron chi connectivity index (χ2n) is 5.10. The fraction of sp³-hybridized carbons (Fsp3) is 0.333. The van der Waals surface area contributed by atoms with Gasteiger partial charge in [-0.05, 0) is 43.4 Å². The van der Waals surface area contributed by atoms with E-state index in [2.05, 4.69) is 15.4 Å². The lowest BCUT2D eigenvalue weighted by molar-refractivity contribution is -0.117. The molecule has 21 heavy (non-hydrogen) atoms. The van der Waals surface area contributed by atoms with E-state index in [1.165, 1.54) is 4.68 Å². The lowest BCUT2D eigenvalue weighted by atomic mass is 9.97. The van der Waals surface area contributed by atoms with Gasteiger partial charge in [-0.3, -0.25) is 14.6 Å². The number of aromatic nitrogens is 3. The molecule has 0 radical (unpaired) electrons. The molecule has 6 nitrogen and oxygen atoms in total. The molecule has 3 rings (SSSR count). The molecule has 0 saturated carbocycles. The maximum absolute atomic E-state index is 12.0. The fourth-order valence-corrected chi connectivity index (χ4v) is 2.49. The molecule has 0 unspecified atom stereocenters. The monoisotopic (exact) mass is 284 g/mol. The first-order chi connectivity index (χ1) is 10.2. The van der Waals surface area contributed by atoms with Crippen molar-refractivity contribution in [2.24, 2.45) is 0 Å². The maximum atomic E-state index is 12.0. The predicted octanol–water partition coefficient (Wildman–Crippen LogP) is 1.16. The molecule has 1 amide bonds. The zero-order chi connectivity index (χ0) is 14.7. The van der Waals surface area contributed by atoms with Crippen molar-refractivity contribution in [3.63, 3.8) is 0 Å². The zero-order valence-electron chi connectivity index (χ0n) is 11.6. The molecule has 6 heteroatoms. The van der Waals surface area contributed by atoms with Crippen LogP contribution < -0.4 is 10.9 Å². The van der Waals surface area contributed by atoms with Crippen molar-refractivity contribution >= 4 is 11.6 Å². The van der Waals surface area contributed by atoms with Gasteiger partial charge in [0.2, 0.25) is 5.91 Å². The fourth-order valence-electron chi connectivity index (χ4n) is 2.49. The molecule has 1 aliphatic carbocycles. The summed E-state index contributed by atoms with van der Waals surface area (Å²) in [6, 6.07) is 5.00. The summed E-state index contributed by atoms with van der Waals surface area (Å²) >= 11 is 0. The molecule has 0 atom stereocenters. The molecule has 0 aromatic carbocycles. The standard InChI is InChI=1S/C15H16N4O2/c20-14(17-12-5-7-16-8-6-12)10-19-15(21)9-11-3-1-2-4-13(11)18-19/h5-9H,1-4,10H2,(H,16,17,20). The van der Waals surface area contributed by atoms with Crippen LogP contribution in [-0.4, -0.2) is 20.7 Å². The second kappa shape index (κ2) is 5.87. The Morgan fingerprint density at radius 2 is 2.00 bits per heavy atom. The molecule has 2 aromatic heterocycles.